The van der Waals surface area contributed by atoms with Gasteiger partial charge in [-0.05, 0) is 32.4 Å². The largest absolute Gasteiger partial charge is 0.500 e. The van der Waals surface area contributed by atoms with Crippen LogP contribution in [0.25, 0.3) is 0 Å². The Labute approximate surface area is 106 Å². The highest BCUT2D eigenvalue weighted by molar-refractivity contribution is 6.60. The second-order valence-electron chi connectivity index (χ2n) is 3.85. The maximum Gasteiger partial charge on any atom is 0.500 e. The molecule has 0 heterocycles. The van der Waals surface area contributed by atoms with Crippen LogP contribution in [0.3, 0.4) is 0 Å². The number of methoxy groups -OCH3 is 1. The number of rotatable bonds is 12. The van der Waals surface area contributed by atoms with Gasteiger partial charge in [-0.15, -0.1) is 0 Å². The van der Waals surface area contributed by atoms with E-state index in [1.54, 1.807) is 28.4 Å². The molecule has 0 aliphatic heterocycles. The molecule has 0 radical (unpaired) electrons. The van der Waals surface area contributed by atoms with E-state index in [0.717, 1.165) is 45.0 Å². The first-order chi connectivity index (χ1) is 8.24. The van der Waals surface area contributed by atoms with Crippen LogP contribution in [0.5, 0.6) is 0 Å². The Morgan fingerprint density at radius 1 is 0.824 bits per heavy atom. The fourth-order valence-corrected chi connectivity index (χ4v) is 3.33. The fraction of sp³-hybridized carbons (Fsp3) is 1.00. The number of nitrogens with one attached hydrogen (secondary N) is 1. The molecule has 0 aliphatic carbocycles. The second-order valence-corrected chi connectivity index (χ2v) is 6.94. The lowest BCUT2D eigenvalue weighted by Gasteiger charge is -2.24. The van der Waals surface area contributed by atoms with Crippen molar-refractivity contribution in [3.8, 4) is 0 Å². The van der Waals surface area contributed by atoms with Gasteiger partial charge in [0.05, 0.1) is 0 Å². The first-order valence-electron chi connectivity index (χ1n) is 6.09. The first-order valence-corrected chi connectivity index (χ1v) is 8.03. The molecule has 0 atom stereocenters. The van der Waals surface area contributed by atoms with Gasteiger partial charge in [0.1, 0.15) is 0 Å². The molecule has 17 heavy (non-hydrogen) atoms. The molecule has 6 heteroatoms. The minimum atomic E-state index is -2.36. The molecule has 0 fully saturated rings. The van der Waals surface area contributed by atoms with Gasteiger partial charge in [-0.1, -0.05) is 0 Å². The van der Waals surface area contributed by atoms with E-state index in [4.69, 9.17) is 18.0 Å². The summed E-state index contributed by atoms with van der Waals surface area (Å²) in [6.45, 7) is 2.84. The van der Waals surface area contributed by atoms with Crippen molar-refractivity contribution in [2.24, 2.45) is 0 Å². The quantitative estimate of drug-likeness (QED) is 0.425. The third-order valence-corrected chi connectivity index (χ3v) is 5.55. The third-order valence-electron chi connectivity index (χ3n) is 2.72. The average molecular weight is 265 g/mol. The standard InChI is InChI=1S/C11H27NO4Si/c1-13-10-6-5-8-12-9-7-11-17(14-2,15-3)16-4/h12H,5-11H2,1-4H3. The summed E-state index contributed by atoms with van der Waals surface area (Å²) in [7, 11) is 4.33. The SMILES string of the molecule is COCCCCNCCC[Si](OC)(OC)OC. The predicted octanol–water partition coefficient (Wildman–Crippen LogP) is 1.27. The van der Waals surface area contributed by atoms with Crippen LogP contribution in [-0.2, 0) is 18.0 Å². The molecule has 0 bridgehead atoms. The summed E-state index contributed by atoms with van der Waals surface area (Å²) >= 11 is 0. The van der Waals surface area contributed by atoms with E-state index in [1.807, 2.05) is 0 Å². The Kier molecular flexibility index (Phi) is 11.1. The summed E-state index contributed by atoms with van der Waals surface area (Å²) in [5.74, 6) is 0. The summed E-state index contributed by atoms with van der Waals surface area (Å²) in [5.41, 5.74) is 0. The van der Waals surface area contributed by atoms with Crippen LogP contribution < -0.4 is 5.32 Å². The predicted molar refractivity (Wildman–Crippen MR) is 70.2 cm³/mol. The molecule has 0 unspecified atom stereocenters. The van der Waals surface area contributed by atoms with E-state index in [9.17, 15) is 0 Å². The molecule has 0 amide bonds. The summed E-state index contributed by atoms with van der Waals surface area (Å²) in [6, 6.07) is 0.849. The van der Waals surface area contributed by atoms with Gasteiger partial charge in [-0.25, -0.2) is 0 Å². The van der Waals surface area contributed by atoms with Crippen LogP contribution >= 0.6 is 0 Å². The third kappa shape index (κ3) is 7.85. The second kappa shape index (κ2) is 11.1. The summed E-state index contributed by atoms with van der Waals surface area (Å²) in [5, 5.41) is 3.39. The number of hydrogen-bond acceptors (Lipinski definition) is 5. The maximum atomic E-state index is 5.35. The molecule has 0 saturated heterocycles. The zero-order valence-corrected chi connectivity index (χ0v) is 12.6. The molecule has 0 rings (SSSR count). The Morgan fingerprint density at radius 3 is 1.94 bits per heavy atom. The van der Waals surface area contributed by atoms with Crippen LogP contribution in [0.4, 0.5) is 0 Å². The zero-order chi connectivity index (χ0) is 13.0. The highest BCUT2D eigenvalue weighted by Gasteiger charge is 2.36. The highest BCUT2D eigenvalue weighted by Crippen LogP contribution is 2.14. The molecule has 0 saturated carbocycles. The van der Waals surface area contributed by atoms with E-state index in [2.05, 4.69) is 5.32 Å². The molecular formula is C11H27NO4Si. The molecule has 0 aromatic rings. The number of hydrogen-bond donors (Lipinski definition) is 1. The molecule has 104 valence electrons. The maximum absolute atomic E-state index is 5.35. The van der Waals surface area contributed by atoms with Gasteiger partial charge in [0.2, 0.25) is 0 Å². The summed E-state index contributed by atoms with van der Waals surface area (Å²) in [4.78, 5) is 0. The van der Waals surface area contributed by atoms with E-state index in [0.29, 0.717) is 0 Å². The van der Waals surface area contributed by atoms with Crippen molar-refractivity contribution in [2.75, 3.05) is 48.1 Å². The molecule has 0 aliphatic rings. The lowest BCUT2D eigenvalue weighted by atomic mass is 10.3. The highest BCUT2D eigenvalue weighted by atomic mass is 28.4. The average Bonchev–Trinajstić information content (AvgIpc) is 2.38. The van der Waals surface area contributed by atoms with Crippen molar-refractivity contribution in [1.29, 1.82) is 0 Å². The Hall–Kier alpha value is 0.0169. The van der Waals surface area contributed by atoms with Crippen molar-refractivity contribution in [2.45, 2.75) is 25.3 Å². The summed E-state index contributed by atoms with van der Waals surface area (Å²) in [6.07, 6.45) is 3.26. The number of unbranched alkanes of at least 4 members (excludes halogenated alkanes) is 1. The van der Waals surface area contributed by atoms with Crippen LogP contribution in [-0.4, -0.2) is 56.9 Å². The minimum absolute atomic E-state index is 0.842. The topological polar surface area (TPSA) is 49.0 Å². The molecule has 1 N–H and O–H groups in total. The van der Waals surface area contributed by atoms with Gasteiger partial charge in [-0.3, -0.25) is 0 Å². The first kappa shape index (κ1) is 17.0. The van der Waals surface area contributed by atoms with Gasteiger partial charge in [0.15, 0.2) is 0 Å². The van der Waals surface area contributed by atoms with Crippen LogP contribution in [0.15, 0.2) is 0 Å². The minimum Gasteiger partial charge on any atom is -0.385 e. The van der Waals surface area contributed by atoms with Crippen molar-refractivity contribution in [1.82, 2.24) is 5.32 Å². The van der Waals surface area contributed by atoms with E-state index in [-0.39, 0.29) is 0 Å². The fourth-order valence-electron chi connectivity index (χ4n) is 1.61. The van der Waals surface area contributed by atoms with Gasteiger partial charge in [-0.2, -0.15) is 0 Å². The van der Waals surface area contributed by atoms with Crippen molar-refractivity contribution >= 4 is 8.80 Å². The van der Waals surface area contributed by atoms with Crippen LogP contribution in [0.2, 0.25) is 6.04 Å². The molecule has 5 nitrogen and oxygen atoms in total. The smallest absolute Gasteiger partial charge is 0.385 e. The lowest BCUT2D eigenvalue weighted by molar-refractivity contribution is 0.123. The Morgan fingerprint density at radius 2 is 1.41 bits per heavy atom. The van der Waals surface area contributed by atoms with E-state index in [1.165, 1.54) is 0 Å². The Bertz CT molecular complexity index is 159. The van der Waals surface area contributed by atoms with Gasteiger partial charge in [0, 0.05) is 41.1 Å². The van der Waals surface area contributed by atoms with Crippen molar-refractivity contribution in [3.63, 3.8) is 0 Å². The van der Waals surface area contributed by atoms with Crippen LogP contribution in [0.1, 0.15) is 19.3 Å². The van der Waals surface area contributed by atoms with Crippen molar-refractivity contribution < 1.29 is 18.0 Å². The molecular weight excluding hydrogens is 238 g/mol. The molecule has 0 aromatic carbocycles. The van der Waals surface area contributed by atoms with E-state index < -0.39 is 8.80 Å². The Balaban J connectivity index is 3.43. The van der Waals surface area contributed by atoms with Gasteiger partial charge >= 0.3 is 8.80 Å². The van der Waals surface area contributed by atoms with Crippen LogP contribution in [0, 0.1) is 0 Å². The molecule has 0 spiro atoms. The lowest BCUT2D eigenvalue weighted by Crippen LogP contribution is -2.43. The summed E-state index contributed by atoms with van der Waals surface area (Å²) < 4.78 is 21.0. The van der Waals surface area contributed by atoms with Gasteiger partial charge in [0.25, 0.3) is 0 Å². The normalized spacial score (nSPS) is 12.0. The zero-order valence-electron chi connectivity index (χ0n) is 11.6. The van der Waals surface area contributed by atoms with Crippen molar-refractivity contribution in [3.05, 3.63) is 0 Å². The van der Waals surface area contributed by atoms with E-state index >= 15 is 0 Å². The monoisotopic (exact) mass is 265 g/mol. The van der Waals surface area contributed by atoms with Gasteiger partial charge < -0.3 is 23.3 Å². The number of ether oxygens (including phenoxy) is 1. The molecule has 0 aromatic heterocycles.